The fourth-order valence-electron chi connectivity index (χ4n) is 4.10. The molecule has 2 fully saturated rings. The number of nitrogens with zero attached hydrogens (tertiary/aromatic N) is 2. The molecule has 0 aliphatic heterocycles. The van der Waals surface area contributed by atoms with Crippen molar-refractivity contribution in [1.29, 1.82) is 0 Å². The third-order valence-corrected chi connectivity index (χ3v) is 5.43. The van der Waals surface area contributed by atoms with E-state index in [-0.39, 0.29) is 5.41 Å². The first kappa shape index (κ1) is 18.2. The van der Waals surface area contributed by atoms with Crippen molar-refractivity contribution in [2.45, 2.75) is 57.3 Å². The molecule has 3 atom stereocenters. The SMILES string of the molecule is CC1(C)[C@H](c2ccccc2)[C@H]1c1nc(C2CCCC2)no1.NS(=O)[O-]. The van der Waals surface area contributed by atoms with Crippen molar-refractivity contribution in [3.63, 3.8) is 0 Å². The van der Waals surface area contributed by atoms with Gasteiger partial charge in [-0.15, -0.1) is 0 Å². The molecule has 136 valence electrons. The summed E-state index contributed by atoms with van der Waals surface area (Å²) in [5.74, 6) is 3.17. The summed E-state index contributed by atoms with van der Waals surface area (Å²) in [5.41, 5.74) is 1.59. The fourth-order valence-corrected chi connectivity index (χ4v) is 4.10. The molecule has 0 bridgehead atoms. The lowest BCUT2D eigenvalue weighted by molar-refractivity contribution is 0.360. The van der Waals surface area contributed by atoms with E-state index in [0.717, 1.165) is 11.7 Å². The second-order valence-electron chi connectivity index (χ2n) is 7.42. The Labute approximate surface area is 150 Å². The summed E-state index contributed by atoms with van der Waals surface area (Å²) in [6.07, 6.45) is 5.04. The van der Waals surface area contributed by atoms with Crippen molar-refractivity contribution in [1.82, 2.24) is 10.1 Å². The van der Waals surface area contributed by atoms with Crippen molar-refractivity contribution in [2.75, 3.05) is 0 Å². The van der Waals surface area contributed by atoms with Crippen LogP contribution in [0.1, 0.15) is 74.6 Å². The number of hydrogen-bond donors (Lipinski definition) is 1. The Balaban J connectivity index is 0.000000415. The molecule has 2 aromatic rings. The van der Waals surface area contributed by atoms with Crippen LogP contribution in [0.3, 0.4) is 0 Å². The van der Waals surface area contributed by atoms with Crippen molar-refractivity contribution >= 4 is 11.3 Å². The van der Waals surface area contributed by atoms with Crippen LogP contribution in [0, 0.1) is 5.41 Å². The number of hydrogen-bond acceptors (Lipinski definition) is 5. The maximum Gasteiger partial charge on any atom is 0.230 e. The molecule has 2 N–H and O–H groups in total. The number of rotatable bonds is 3. The zero-order valence-electron chi connectivity index (χ0n) is 14.6. The van der Waals surface area contributed by atoms with Gasteiger partial charge in [-0.1, -0.05) is 62.2 Å². The molecule has 1 unspecified atom stereocenters. The largest absolute Gasteiger partial charge is 0.760 e. The Morgan fingerprint density at radius 2 is 1.80 bits per heavy atom. The van der Waals surface area contributed by atoms with Crippen LogP contribution in [-0.2, 0) is 11.3 Å². The minimum atomic E-state index is -2.36. The van der Waals surface area contributed by atoms with Gasteiger partial charge in [0.15, 0.2) is 5.82 Å². The molecule has 7 heteroatoms. The highest BCUT2D eigenvalue weighted by molar-refractivity contribution is 7.76. The van der Waals surface area contributed by atoms with E-state index >= 15 is 0 Å². The zero-order chi connectivity index (χ0) is 18.0. The van der Waals surface area contributed by atoms with E-state index in [1.54, 1.807) is 0 Å². The average Bonchev–Trinajstić information content (AvgIpc) is 3.04. The lowest BCUT2D eigenvalue weighted by atomic mass is 10.0. The van der Waals surface area contributed by atoms with Crippen LogP contribution >= 0.6 is 0 Å². The van der Waals surface area contributed by atoms with Crippen LogP contribution in [0.4, 0.5) is 0 Å². The maximum absolute atomic E-state index is 8.78. The van der Waals surface area contributed by atoms with Crippen LogP contribution in [0.15, 0.2) is 34.9 Å². The number of aromatic nitrogens is 2. The second kappa shape index (κ2) is 7.35. The second-order valence-corrected chi connectivity index (χ2v) is 7.94. The van der Waals surface area contributed by atoms with Crippen molar-refractivity contribution in [2.24, 2.45) is 10.6 Å². The smallest absolute Gasteiger partial charge is 0.230 e. The molecule has 1 aromatic carbocycles. The van der Waals surface area contributed by atoms with Gasteiger partial charge in [0.25, 0.3) is 0 Å². The fraction of sp³-hybridized carbons (Fsp3) is 0.556. The minimum absolute atomic E-state index is 0.209. The van der Waals surface area contributed by atoms with E-state index in [2.05, 4.69) is 54.5 Å². The molecule has 6 nitrogen and oxygen atoms in total. The molecule has 4 rings (SSSR count). The van der Waals surface area contributed by atoms with E-state index in [9.17, 15) is 0 Å². The third kappa shape index (κ3) is 3.99. The van der Waals surface area contributed by atoms with Crippen molar-refractivity contribution < 1.29 is 13.3 Å². The van der Waals surface area contributed by atoms with Crippen molar-refractivity contribution in [3.8, 4) is 0 Å². The summed E-state index contributed by atoms with van der Waals surface area (Å²) in [6, 6.07) is 10.7. The standard InChI is InChI=1S/C18H22N2O.H3NO2S/c1-18(2)14(12-8-4-3-5-9-12)15(18)17-19-16(20-21-17)13-10-6-7-11-13;1-4(2)3/h3-5,8-9,13-15H,6-7,10-11H2,1-2H3;1H2,(H,2,3)/p-1/t14-,15+;/m1./s1. The van der Waals surface area contributed by atoms with Crippen LogP contribution < -0.4 is 5.14 Å². The molecule has 1 heterocycles. The summed E-state index contributed by atoms with van der Waals surface area (Å²) in [7, 11) is 0. The highest BCUT2D eigenvalue weighted by Gasteiger charge is 2.61. The molecule has 0 saturated heterocycles. The van der Waals surface area contributed by atoms with Gasteiger partial charge in [0.2, 0.25) is 5.89 Å². The predicted molar refractivity (Wildman–Crippen MR) is 94.3 cm³/mol. The Bertz CT molecular complexity index is 722. The van der Waals surface area contributed by atoms with Crippen LogP contribution in [-0.4, -0.2) is 18.9 Å². The normalized spacial score (nSPS) is 25.9. The summed E-state index contributed by atoms with van der Waals surface area (Å²) in [5, 5.41) is 8.29. The van der Waals surface area contributed by atoms with Gasteiger partial charge < -0.3 is 9.08 Å². The zero-order valence-corrected chi connectivity index (χ0v) is 15.4. The molecule has 0 spiro atoms. The Morgan fingerprint density at radius 3 is 2.40 bits per heavy atom. The van der Waals surface area contributed by atoms with Gasteiger partial charge >= 0.3 is 0 Å². The highest BCUT2D eigenvalue weighted by Crippen LogP contribution is 2.69. The Morgan fingerprint density at radius 1 is 1.20 bits per heavy atom. The lowest BCUT2D eigenvalue weighted by Crippen LogP contribution is -1.97. The predicted octanol–water partition coefficient (Wildman–Crippen LogP) is 3.37. The van der Waals surface area contributed by atoms with Gasteiger partial charge in [-0.2, -0.15) is 4.98 Å². The first-order valence-electron chi connectivity index (χ1n) is 8.63. The first-order valence-corrected chi connectivity index (χ1v) is 9.77. The highest BCUT2D eigenvalue weighted by atomic mass is 32.2. The molecular weight excluding hydrogens is 338 g/mol. The quantitative estimate of drug-likeness (QED) is 0.843. The molecule has 2 saturated carbocycles. The molecular formula is C18H24N3O3S-. The van der Waals surface area contributed by atoms with E-state index in [1.165, 1.54) is 31.2 Å². The van der Waals surface area contributed by atoms with Gasteiger partial charge in [0, 0.05) is 23.1 Å². The topological polar surface area (TPSA) is 105 Å². The number of nitrogens with two attached hydrogens (primary N) is 1. The molecule has 25 heavy (non-hydrogen) atoms. The number of benzene rings is 1. The van der Waals surface area contributed by atoms with Gasteiger partial charge in [-0.3, -0.25) is 9.35 Å². The summed E-state index contributed by atoms with van der Waals surface area (Å²) in [6.45, 7) is 4.60. The van der Waals surface area contributed by atoms with Crippen LogP contribution in [0.25, 0.3) is 0 Å². The average molecular weight is 362 g/mol. The minimum Gasteiger partial charge on any atom is -0.760 e. The summed E-state index contributed by atoms with van der Waals surface area (Å²) >= 11 is -2.36. The van der Waals surface area contributed by atoms with Gasteiger partial charge in [0.05, 0.1) is 5.92 Å². The van der Waals surface area contributed by atoms with E-state index in [0.29, 0.717) is 17.8 Å². The summed E-state index contributed by atoms with van der Waals surface area (Å²) < 4.78 is 23.2. The third-order valence-electron chi connectivity index (χ3n) is 5.43. The molecule has 1 aromatic heterocycles. The Hall–Kier alpha value is -1.57. The van der Waals surface area contributed by atoms with Crippen LogP contribution in [0.5, 0.6) is 0 Å². The van der Waals surface area contributed by atoms with Crippen LogP contribution in [0.2, 0.25) is 0 Å². The van der Waals surface area contributed by atoms with Gasteiger partial charge in [-0.25, -0.2) is 0 Å². The molecule has 2 aliphatic carbocycles. The van der Waals surface area contributed by atoms with E-state index in [4.69, 9.17) is 18.3 Å². The first-order chi connectivity index (χ1) is 11.9. The van der Waals surface area contributed by atoms with E-state index < -0.39 is 11.3 Å². The monoisotopic (exact) mass is 362 g/mol. The van der Waals surface area contributed by atoms with E-state index in [1.807, 2.05) is 0 Å². The van der Waals surface area contributed by atoms with Crippen molar-refractivity contribution in [3.05, 3.63) is 47.6 Å². The van der Waals surface area contributed by atoms with Gasteiger partial charge in [0.1, 0.15) is 0 Å². The molecule has 0 amide bonds. The summed E-state index contributed by atoms with van der Waals surface area (Å²) in [4.78, 5) is 4.75. The lowest BCUT2D eigenvalue weighted by Gasteiger charge is -2.01. The Kier molecular flexibility index (Phi) is 5.36. The molecule has 0 radical (unpaired) electrons. The maximum atomic E-state index is 8.78. The molecule has 2 aliphatic rings. The van der Waals surface area contributed by atoms with Gasteiger partial charge in [-0.05, 0) is 23.8 Å².